The smallest absolute Gasteiger partial charge is 0.231 e. The van der Waals surface area contributed by atoms with Gasteiger partial charge in [-0.25, -0.2) is 0 Å². The second kappa shape index (κ2) is 13.7. The average Bonchev–Trinajstić information content (AvgIpc) is 3.30. The fourth-order valence-electron chi connectivity index (χ4n) is 4.20. The number of benzene rings is 1. The van der Waals surface area contributed by atoms with Crippen molar-refractivity contribution in [1.29, 1.82) is 0 Å². The van der Waals surface area contributed by atoms with Gasteiger partial charge < -0.3 is 44.0 Å². The van der Waals surface area contributed by atoms with E-state index in [0.29, 0.717) is 24.3 Å². The molecule has 0 spiro atoms. The lowest BCUT2D eigenvalue weighted by Crippen LogP contribution is -2.43. The molecule has 4 rings (SSSR count). The van der Waals surface area contributed by atoms with Crippen LogP contribution in [0.4, 0.5) is 0 Å². The minimum Gasteiger partial charge on any atom is -0.454 e. The number of hydrogen-bond donors (Lipinski definition) is 3. The molecule has 1 aromatic carbocycles. The van der Waals surface area contributed by atoms with E-state index in [1.807, 2.05) is 13.8 Å². The number of nitrogens with one attached hydrogen (secondary N) is 1. The van der Waals surface area contributed by atoms with Gasteiger partial charge in [-0.05, 0) is 23.3 Å². The third-order valence-corrected chi connectivity index (χ3v) is 5.78. The van der Waals surface area contributed by atoms with Crippen molar-refractivity contribution >= 4 is 11.7 Å². The number of aliphatic hydroxyl groups excluding tert-OH is 2. The Morgan fingerprint density at radius 1 is 1.03 bits per heavy atom. The highest BCUT2D eigenvalue weighted by molar-refractivity contribution is 5.84. The molecule has 1 unspecified atom stereocenters. The van der Waals surface area contributed by atoms with E-state index >= 15 is 0 Å². The summed E-state index contributed by atoms with van der Waals surface area (Å²) in [6.45, 7) is 3.60. The summed E-state index contributed by atoms with van der Waals surface area (Å²) in [6.07, 6.45) is -1.31. The molecule has 0 bridgehead atoms. The molecule has 3 aliphatic rings. The second-order valence-corrected chi connectivity index (χ2v) is 8.21. The molecule has 1 fully saturated rings. The van der Waals surface area contributed by atoms with Gasteiger partial charge in [0.05, 0.1) is 31.3 Å². The Kier molecular flexibility index (Phi) is 10.7. The molecule has 11 heteroatoms. The van der Waals surface area contributed by atoms with Gasteiger partial charge in [-0.3, -0.25) is 9.59 Å². The number of ether oxygens (including phenoxy) is 6. The van der Waals surface area contributed by atoms with Crippen LogP contribution < -0.4 is 14.8 Å². The third kappa shape index (κ3) is 7.86. The molecule has 1 amide bonds. The predicted molar refractivity (Wildman–Crippen MR) is 121 cm³/mol. The van der Waals surface area contributed by atoms with Gasteiger partial charge in [0.1, 0.15) is 19.4 Å². The highest BCUT2D eigenvalue weighted by Crippen LogP contribution is 2.35. The van der Waals surface area contributed by atoms with Crippen molar-refractivity contribution in [2.45, 2.75) is 77.1 Å². The predicted octanol–water partition coefficient (Wildman–Crippen LogP) is 1.15. The first-order chi connectivity index (χ1) is 17.0. The molecule has 0 saturated carbocycles. The molecule has 3 heterocycles. The Morgan fingerprint density at radius 2 is 1.77 bits per heavy atom. The van der Waals surface area contributed by atoms with Gasteiger partial charge in [0.15, 0.2) is 17.8 Å². The van der Waals surface area contributed by atoms with Gasteiger partial charge in [-0.2, -0.15) is 0 Å². The number of amides is 1. The van der Waals surface area contributed by atoms with Gasteiger partial charge in [0.2, 0.25) is 12.7 Å². The average molecular weight is 498 g/mol. The molecule has 3 N–H and O–H groups in total. The first kappa shape index (κ1) is 27.3. The summed E-state index contributed by atoms with van der Waals surface area (Å²) < 4.78 is 33.0. The lowest BCUT2D eigenvalue weighted by Gasteiger charge is -2.36. The fraction of sp³-hybridized carbons (Fsp3) is 0.667. The summed E-state index contributed by atoms with van der Waals surface area (Å²) in [5.74, 6) is 0.854. The Morgan fingerprint density at radius 3 is 2.49 bits per heavy atom. The minimum atomic E-state index is -0.760. The molecular formula is C24H35NO10. The Hall–Kier alpha value is -2.28. The molecule has 1 aromatic rings. The molecule has 0 aromatic heterocycles. The Labute approximate surface area is 204 Å². The summed E-state index contributed by atoms with van der Waals surface area (Å²) in [6, 6.07) is 3.58. The van der Waals surface area contributed by atoms with Crippen molar-refractivity contribution < 1.29 is 48.2 Å². The van der Waals surface area contributed by atoms with Crippen LogP contribution in [0.25, 0.3) is 0 Å². The maximum atomic E-state index is 12.9. The topological polar surface area (TPSA) is 142 Å². The zero-order valence-electron chi connectivity index (χ0n) is 20.2. The Bertz CT molecular complexity index is 848. The van der Waals surface area contributed by atoms with Gasteiger partial charge in [0.25, 0.3) is 0 Å². The maximum Gasteiger partial charge on any atom is 0.231 e. The number of ketones is 1. The van der Waals surface area contributed by atoms with Gasteiger partial charge in [-0.1, -0.05) is 13.8 Å². The number of carbonyl (C=O) groups is 2. The molecule has 1 saturated heterocycles. The van der Waals surface area contributed by atoms with E-state index < -0.39 is 25.3 Å². The summed E-state index contributed by atoms with van der Waals surface area (Å²) in [4.78, 5) is 25.4. The standard InChI is InChI=1S/C22H29NO10.C2H6/c24-9-18-5-16(29-11-28-10-25)7-22(33-18)32-17-4-15(26)1-13-2-19-20(31-12-30-19)3-14(13)8-23-21(27)6-17;1-2/h2-3,16-18,22,24-25H,1,4-12H2,(H,23,27);1-2H3/t16?,17-,18+,22-;/m1./s1. The number of carbonyl (C=O) groups excluding carboxylic acids is 2. The number of hydrogen-bond acceptors (Lipinski definition) is 10. The largest absolute Gasteiger partial charge is 0.454 e. The minimum absolute atomic E-state index is 0.00553. The molecule has 196 valence electrons. The van der Waals surface area contributed by atoms with Crippen molar-refractivity contribution in [3.05, 3.63) is 23.3 Å². The van der Waals surface area contributed by atoms with Crippen molar-refractivity contribution in [2.75, 3.05) is 27.0 Å². The van der Waals surface area contributed by atoms with Crippen LogP contribution in [0, 0.1) is 0 Å². The quantitative estimate of drug-likeness (QED) is 0.371. The van der Waals surface area contributed by atoms with Crippen LogP contribution in [0.5, 0.6) is 11.5 Å². The summed E-state index contributed by atoms with van der Waals surface area (Å²) in [5.41, 5.74) is 1.59. The monoisotopic (exact) mass is 497 g/mol. The van der Waals surface area contributed by atoms with Gasteiger partial charge in [-0.15, -0.1) is 0 Å². The Balaban J connectivity index is 0.00000167. The highest BCUT2D eigenvalue weighted by atomic mass is 16.7. The van der Waals surface area contributed by atoms with Crippen LogP contribution in [0.3, 0.4) is 0 Å². The van der Waals surface area contributed by atoms with Crippen molar-refractivity contribution in [2.24, 2.45) is 0 Å². The first-order valence-corrected chi connectivity index (χ1v) is 12.0. The zero-order chi connectivity index (χ0) is 25.2. The number of Topliss-reactive ketones (excluding diaryl/α,β-unsaturated/α-hetero) is 1. The molecule has 0 radical (unpaired) electrons. The van der Waals surface area contributed by atoms with Crippen LogP contribution in [0.1, 0.15) is 50.7 Å². The van der Waals surface area contributed by atoms with E-state index in [-0.39, 0.29) is 63.8 Å². The van der Waals surface area contributed by atoms with E-state index in [1.54, 1.807) is 12.1 Å². The lowest BCUT2D eigenvalue weighted by atomic mass is 9.96. The zero-order valence-corrected chi connectivity index (χ0v) is 20.2. The van der Waals surface area contributed by atoms with E-state index in [4.69, 9.17) is 33.5 Å². The van der Waals surface area contributed by atoms with E-state index in [0.717, 1.165) is 11.1 Å². The number of rotatable bonds is 7. The summed E-state index contributed by atoms with van der Waals surface area (Å²) in [5, 5.41) is 21.2. The number of aliphatic hydroxyl groups is 2. The molecule has 35 heavy (non-hydrogen) atoms. The molecule has 3 aliphatic heterocycles. The van der Waals surface area contributed by atoms with Gasteiger partial charge >= 0.3 is 0 Å². The fourth-order valence-corrected chi connectivity index (χ4v) is 4.20. The van der Waals surface area contributed by atoms with E-state index in [2.05, 4.69) is 5.32 Å². The van der Waals surface area contributed by atoms with Crippen LogP contribution >= 0.6 is 0 Å². The SMILES string of the molecule is CC.O=C1Cc2cc3c(cc2CNC(=O)C[C@H](O[C@H]2CC(OCOCO)C[C@@H](CO)O2)C1)OCO3. The normalized spacial score (nSPS) is 26.3. The van der Waals surface area contributed by atoms with Gasteiger partial charge in [0, 0.05) is 32.2 Å². The van der Waals surface area contributed by atoms with Crippen molar-refractivity contribution in [3.63, 3.8) is 0 Å². The van der Waals surface area contributed by atoms with Crippen LogP contribution in [-0.2, 0) is 41.5 Å². The van der Waals surface area contributed by atoms with E-state index in [1.165, 1.54) is 0 Å². The van der Waals surface area contributed by atoms with Crippen molar-refractivity contribution in [3.8, 4) is 11.5 Å². The highest BCUT2D eigenvalue weighted by Gasteiger charge is 2.33. The molecule has 11 nitrogen and oxygen atoms in total. The molecule has 0 aliphatic carbocycles. The maximum absolute atomic E-state index is 12.9. The van der Waals surface area contributed by atoms with Crippen LogP contribution in [0.2, 0.25) is 0 Å². The molecule has 4 atom stereocenters. The van der Waals surface area contributed by atoms with Crippen LogP contribution in [-0.4, -0.2) is 73.5 Å². The van der Waals surface area contributed by atoms with E-state index in [9.17, 15) is 14.7 Å². The lowest BCUT2D eigenvalue weighted by molar-refractivity contribution is -0.254. The number of fused-ring (bicyclic) bond motifs is 2. The summed E-state index contributed by atoms with van der Waals surface area (Å²) >= 11 is 0. The molecular weight excluding hydrogens is 462 g/mol. The first-order valence-electron chi connectivity index (χ1n) is 12.0. The second-order valence-electron chi connectivity index (χ2n) is 8.21. The third-order valence-electron chi connectivity index (χ3n) is 5.78. The van der Waals surface area contributed by atoms with Crippen LogP contribution in [0.15, 0.2) is 12.1 Å². The van der Waals surface area contributed by atoms with Crippen molar-refractivity contribution in [1.82, 2.24) is 5.32 Å². The summed E-state index contributed by atoms with van der Waals surface area (Å²) in [7, 11) is 0.